The molecule has 9 nitrogen and oxygen atoms in total. The van der Waals surface area contributed by atoms with E-state index in [4.69, 9.17) is 22.1 Å². The van der Waals surface area contributed by atoms with Crippen LogP contribution in [-0.4, -0.2) is 51.3 Å². The summed E-state index contributed by atoms with van der Waals surface area (Å²) < 4.78 is 6.60. The average molecular weight is 556 g/mol. The van der Waals surface area contributed by atoms with Gasteiger partial charge in [0.25, 0.3) is 5.56 Å². The lowest BCUT2D eigenvalue weighted by Gasteiger charge is -2.42. The molecule has 2 aliphatic rings. The number of nitrogens with zero attached hydrogens (tertiary/aromatic N) is 6. The van der Waals surface area contributed by atoms with Gasteiger partial charge in [0.15, 0.2) is 0 Å². The summed E-state index contributed by atoms with van der Waals surface area (Å²) >= 11 is 9.78. The topological polar surface area (TPSA) is 112 Å². The number of anilines is 1. The molecule has 192 valence electrons. The number of thiazole rings is 1. The van der Waals surface area contributed by atoms with Gasteiger partial charge in [-0.3, -0.25) is 9.36 Å². The minimum atomic E-state index is -0.188. The molecule has 1 aromatic carbocycles. The normalized spacial score (nSPS) is 18.6. The molecule has 6 rings (SSSR count). The van der Waals surface area contributed by atoms with Crippen LogP contribution in [0.1, 0.15) is 29.5 Å². The zero-order chi connectivity index (χ0) is 25.6. The van der Waals surface area contributed by atoms with Crippen molar-refractivity contribution in [2.45, 2.75) is 41.8 Å². The van der Waals surface area contributed by atoms with Gasteiger partial charge in [0, 0.05) is 30.0 Å². The van der Waals surface area contributed by atoms with Gasteiger partial charge >= 0.3 is 0 Å². The summed E-state index contributed by atoms with van der Waals surface area (Å²) in [5, 5.41) is 1.47. The summed E-state index contributed by atoms with van der Waals surface area (Å²) in [6, 6.07) is 3.69. The molecule has 1 aliphatic carbocycles. The maximum Gasteiger partial charge on any atom is 0.262 e. The van der Waals surface area contributed by atoms with E-state index in [9.17, 15) is 4.79 Å². The van der Waals surface area contributed by atoms with Crippen LogP contribution < -0.4 is 16.2 Å². The predicted molar refractivity (Wildman–Crippen MR) is 146 cm³/mol. The highest BCUT2D eigenvalue weighted by molar-refractivity contribution is 7.99. The highest BCUT2D eigenvalue weighted by atomic mass is 35.5. The lowest BCUT2D eigenvalue weighted by molar-refractivity contribution is 0.186. The number of aromatic nitrogens is 5. The van der Waals surface area contributed by atoms with E-state index < -0.39 is 0 Å². The van der Waals surface area contributed by atoms with E-state index in [1.807, 2.05) is 17.8 Å². The monoisotopic (exact) mass is 555 g/mol. The molecule has 4 heterocycles. The van der Waals surface area contributed by atoms with Gasteiger partial charge in [0.2, 0.25) is 0 Å². The first kappa shape index (κ1) is 24.7. The summed E-state index contributed by atoms with van der Waals surface area (Å²) in [6.07, 6.45) is 8.14. The molecular formula is C25H26ClN7O2S2. The number of nitrogens with two attached hydrogens (primary N) is 1. The SMILES string of the molecule is COCCn1cnc2ccc(Sc3cnc(N4CCC5(CC4)Cc4scnc4[C@@H]5N)cn3)c(Cl)c2c1=O. The van der Waals surface area contributed by atoms with E-state index in [1.165, 1.54) is 27.5 Å². The Balaban J connectivity index is 1.16. The lowest BCUT2D eigenvalue weighted by Crippen LogP contribution is -2.44. The van der Waals surface area contributed by atoms with Crippen molar-refractivity contribution in [3.63, 3.8) is 0 Å². The van der Waals surface area contributed by atoms with Crippen LogP contribution in [0.15, 0.2) is 51.1 Å². The third-order valence-corrected chi connectivity index (χ3v) is 9.82. The maximum absolute atomic E-state index is 13.0. The molecule has 0 bridgehead atoms. The number of benzene rings is 1. The van der Waals surface area contributed by atoms with Gasteiger partial charge in [-0.05, 0) is 36.8 Å². The molecule has 1 saturated heterocycles. The molecule has 0 saturated carbocycles. The van der Waals surface area contributed by atoms with Crippen molar-refractivity contribution >= 4 is 51.4 Å². The largest absolute Gasteiger partial charge is 0.383 e. The van der Waals surface area contributed by atoms with Crippen LogP contribution in [0.25, 0.3) is 10.9 Å². The molecular weight excluding hydrogens is 530 g/mol. The van der Waals surface area contributed by atoms with Crippen LogP contribution in [0.5, 0.6) is 0 Å². The van der Waals surface area contributed by atoms with Crippen molar-refractivity contribution in [3.8, 4) is 0 Å². The quantitative estimate of drug-likeness (QED) is 0.378. The van der Waals surface area contributed by atoms with Crippen molar-refractivity contribution in [2.24, 2.45) is 11.1 Å². The van der Waals surface area contributed by atoms with Gasteiger partial charge in [0.05, 0.1) is 65.0 Å². The molecule has 2 N–H and O–H groups in total. The Morgan fingerprint density at radius 2 is 2.05 bits per heavy atom. The third-order valence-electron chi connectivity index (χ3n) is 7.48. The third kappa shape index (κ3) is 4.42. The van der Waals surface area contributed by atoms with Crippen molar-refractivity contribution in [2.75, 3.05) is 31.7 Å². The highest BCUT2D eigenvalue weighted by Gasteiger charge is 2.47. The Hall–Kier alpha value is -2.57. The molecule has 37 heavy (non-hydrogen) atoms. The molecule has 1 spiro atoms. The summed E-state index contributed by atoms with van der Waals surface area (Å²) in [4.78, 5) is 35.5. The molecule has 1 aliphatic heterocycles. The van der Waals surface area contributed by atoms with E-state index in [0.717, 1.165) is 48.8 Å². The van der Waals surface area contributed by atoms with Crippen LogP contribution in [0.4, 0.5) is 5.82 Å². The van der Waals surface area contributed by atoms with E-state index >= 15 is 0 Å². The van der Waals surface area contributed by atoms with E-state index in [1.54, 1.807) is 30.7 Å². The molecule has 1 atom stereocenters. The number of rotatable bonds is 6. The maximum atomic E-state index is 13.0. The summed E-state index contributed by atoms with van der Waals surface area (Å²) in [5.74, 6) is 0.855. The second kappa shape index (κ2) is 9.95. The van der Waals surface area contributed by atoms with Crippen molar-refractivity contribution in [1.82, 2.24) is 24.5 Å². The Kier molecular flexibility index (Phi) is 6.66. The van der Waals surface area contributed by atoms with E-state index in [0.29, 0.717) is 34.1 Å². The summed E-state index contributed by atoms with van der Waals surface area (Å²) in [6.45, 7) is 2.61. The molecule has 0 amide bonds. The zero-order valence-corrected chi connectivity index (χ0v) is 22.7. The van der Waals surface area contributed by atoms with Gasteiger partial charge in [-0.2, -0.15) is 0 Å². The zero-order valence-electron chi connectivity index (χ0n) is 20.3. The number of piperidine rings is 1. The predicted octanol–water partition coefficient (Wildman–Crippen LogP) is 3.94. The fraction of sp³-hybridized carbons (Fsp3) is 0.400. The van der Waals surface area contributed by atoms with Crippen LogP contribution in [0.2, 0.25) is 5.02 Å². The number of ether oxygens (including phenoxy) is 1. The first-order valence-corrected chi connectivity index (χ1v) is 14.2. The number of hydrogen-bond acceptors (Lipinski definition) is 10. The van der Waals surface area contributed by atoms with Gasteiger partial charge in [0.1, 0.15) is 10.8 Å². The van der Waals surface area contributed by atoms with E-state index in [2.05, 4.69) is 24.8 Å². The molecule has 0 unspecified atom stereocenters. The Labute approximate surface area is 227 Å². The summed E-state index contributed by atoms with van der Waals surface area (Å²) in [5.41, 5.74) is 10.1. The lowest BCUT2D eigenvalue weighted by atomic mass is 9.73. The van der Waals surface area contributed by atoms with E-state index in [-0.39, 0.29) is 17.0 Å². The number of halogens is 1. The first-order valence-electron chi connectivity index (χ1n) is 12.1. The second-order valence-electron chi connectivity index (χ2n) is 9.49. The second-order valence-corrected chi connectivity index (χ2v) is 11.9. The van der Waals surface area contributed by atoms with Crippen LogP contribution in [0.3, 0.4) is 0 Å². The molecule has 0 radical (unpaired) electrons. The standard InChI is InChI=1S/C25H26ClN7O2S2/c1-35-9-8-33-13-30-15-2-3-16(21(26)20(15)24(33)34)37-19-12-28-18(11-29-19)32-6-4-25(5-7-32)10-17-22(23(25)27)31-14-36-17/h2-3,11-14,23H,4-10,27H2,1H3/t23-/m0/s1. The van der Waals surface area contributed by atoms with Crippen molar-refractivity contribution in [3.05, 3.63) is 62.3 Å². The van der Waals surface area contributed by atoms with Crippen LogP contribution in [-0.2, 0) is 17.7 Å². The minimum Gasteiger partial charge on any atom is -0.383 e. The van der Waals surface area contributed by atoms with Crippen molar-refractivity contribution in [1.29, 1.82) is 0 Å². The van der Waals surface area contributed by atoms with Gasteiger partial charge in [-0.25, -0.2) is 19.9 Å². The number of fused-ring (bicyclic) bond motifs is 2. The Bertz CT molecular complexity index is 1500. The smallest absolute Gasteiger partial charge is 0.262 e. The molecule has 12 heteroatoms. The first-order chi connectivity index (χ1) is 18.0. The highest BCUT2D eigenvalue weighted by Crippen LogP contribution is 2.51. The Morgan fingerprint density at radius 1 is 1.22 bits per heavy atom. The molecule has 4 aromatic rings. The van der Waals surface area contributed by atoms with Gasteiger partial charge in [-0.1, -0.05) is 23.4 Å². The molecule has 3 aromatic heterocycles. The molecule has 1 fully saturated rings. The minimum absolute atomic E-state index is 0.0201. The number of hydrogen-bond donors (Lipinski definition) is 1. The van der Waals surface area contributed by atoms with Gasteiger partial charge in [-0.15, -0.1) is 11.3 Å². The fourth-order valence-corrected chi connectivity index (χ4v) is 7.39. The Morgan fingerprint density at radius 3 is 2.78 bits per heavy atom. The van der Waals surface area contributed by atoms with Crippen molar-refractivity contribution < 1.29 is 4.74 Å². The summed E-state index contributed by atoms with van der Waals surface area (Å²) in [7, 11) is 1.59. The fourth-order valence-electron chi connectivity index (χ4n) is 5.31. The number of methoxy groups -OCH3 is 1. The van der Waals surface area contributed by atoms with Gasteiger partial charge < -0.3 is 15.4 Å². The average Bonchev–Trinajstić information content (AvgIpc) is 3.47. The van der Waals surface area contributed by atoms with Crippen LogP contribution >= 0.6 is 34.7 Å². The van der Waals surface area contributed by atoms with Crippen LogP contribution in [0, 0.1) is 5.41 Å².